The quantitative estimate of drug-likeness (QED) is 0.309. The normalized spacial score (nSPS) is 23.3. The molecule has 0 spiro atoms. The second kappa shape index (κ2) is 9.89. The van der Waals surface area contributed by atoms with Gasteiger partial charge in [-0.1, -0.05) is 35.3 Å². The Hall–Kier alpha value is -2.98. The highest BCUT2D eigenvalue weighted by atomic mass is 35.5. The number of imidazole rings is 1. The third-order valence-corrected chi connectivity index (χ3v) is 8.33. The van der Waals surface area contributed by atoms with Gasteiger partial charge in [-0.05, 0) is 56.5 Å². The average Bonchev–Trinajstić information content (AvgIpc) is 3.43. The highest BCUT2D eigenvalue weighted by Crippen LogP contribution is 2.49. The van der Waals surface area contributed by atoms with E-state index >= 15 is 0 Å². The molecular weight excluding hydrogens is 539 g/mol. The van der Waals surface area contributed by atoms with Crippen LogP contribution in [-0.4, -0.2) is 55.4 Å². The molecule has 2 fully saturated rings. The number of fused-ring (bicyclic) bond motifs is 2. The minimum Gasteiger partial charge on any atom is -0.443 e. The van der Waals surface area contributed by atoms with Crippen molar-refractivity contribution >= 4 is 34.4 Å². The van der Waals surface area contributed by atoms with E-state index in [2.05, 4.69) is 30.7 Å². The van der Waals surface area contributed by atoms with Crippen molar-refractivity contribution in [3.8, 4) is 11.5 Å². The summed E-state index contributed by atoms with van der Waals surface area (Å²) in [6.45, 7) is 6.06. The number of benzene rings is 1. The summed E-state index contributed by atoms with van der Waals surface area (Å²) in [5, 5.41) is 9.32. The molecule has 2 atom stereocenters. The zero-order chi connectivity index (χ0) is 26.6. The molecular formula is C28H28Cl2N6O3. The summed E-state index contributed by atoms with van der Waals surface area (Å²) in [5.74, 6) is 1.92. The molecule has 3 aliphatic rings. The lowest BCUT2D eigenvalue weighted by atomic mass is 9.88. The Morgan fingerprint density at radius 2 is 1.90 bits per heavy atom. The Labute approximate surface area is 236 Å². The van der Waals surface area contributed by atoms with Crippen molar-refractivity contribution in [1.29, 1.82) is 0 Å². The second-order valence-electron chi connectivity index (χ2n) is 10.5. The molecule has 7 rings (SSSR count). The van der Waals surface area contributed by atoms with E-state index in [1.807, 2.05) is 25.1 Å². The van der Waals surface area contributed by atoms with Crippen molar-refractivity contribution in [3.05, 3.63) is 69.9 Å². The predicted molar refractivity (Wildman–Crippen MR) is 146 cm³/mol. The summed E-state index contributed by atoms with van der Waals surface area (Å²) in [6, 6.07) is 11.6. The minimum absolute atomic E-state index is 0.195. The number of para-hydroxylation sites is 1. The Morgan fingerprint density at radius 1 is 1.05 bits per heavy atom. The van der Waals surface area contributed by atoms with E-state index in [1.54, 1.807) is 18.3 Å². The topological polar surface area (TPSA) is 87.4 Å². The van der Waals surface area contributed by atoms with Gasteiger partial charge in [0.2, 0.25) is 0 Å². The van der Waals surface area contributed by atoms with Crippen LogP contribution in [0.25, 0.3) is 11.2 Å². The van der Waals surface area contributed by atoms with Crippen molar-refractivity contribution in [3.63, 3.8) is 0 Å². The van der Waals surface area contributed by atoms with Crippen molar-refractivity contribution in [2.24, 2.45) is 0 Å². The maximum absolute atomic E-state index is 6.45. The monoisotopic (exact) mass is 566 g/mol. The fourth-order valence-electron chi connectivity index (χ4n) is 5.71. The van der Waals surface area contributed by atoms with Gasteiger partial charge >= 0.3 is 0 Å². The molecule has 6 heterocycles. The Morgan fingerprint density at radius 3 is 2.64 bits per heavy atom. The van der Waals surface area contributed by atoms with Gasteiger partial charge in [0, 0.05) is 31.4 Å². The molecule has 0 bridgehead atoms. The van der Waals surface area contributed by atoms with Gasteiger partial charge in [-0.2, -0.15) is 0 Å². The van der Waals surface area contributed by atoms with E-state index in [9.17, 15) is 0 Å². The first-order chi connectivity index (χ1) is 18.9. The molecule has 1 aromatic carbocycles. The fraction of sp³-hybridized carbons (Fsp3) is 0.429. The molecule has 3 aromatic heterocycles. The molecule has 2 saturated heterocycles. The number of piperidine rings is 1. The molecule has 202 valence electrons. The summed E-state index contributed by atoms with van der Waals surface area (Å²) in [7, 11) is 0. The minimum atomic E-state index is -0.987. The molecule has 0 radical (unpaired) electrons. The van der Waals surface area contributed by atoms with Crippen molar-refractivity contribution in [1.82, 2.24) is 29.6 Å². The maximum atomic E-state index is 6.45. The van der Waals surface area contributed by atoms with Crippen LogP contribution in [-0.2, 0) is 23.6 Å². The highest BCUT2D eigenvalue weighted by Gasteiger charge is 2.42. The third-order valence-electron chi connectivity index (χ3n) is 7.92. The first-order valence-corrected chi connectivity index (χ1v) is 14.1. The lowest BCUT2D eigenvalue weighted by molar-refractivity contribution is -0.0722. The molecule has 0 amide bonds. The maximum Gasteiger partial charge on any atom is 0.292 e. The molecule has 0 aliphatic carbocycles. The van der Waals surface area contributed by atoms with Gasteiger partial charge in [-0.15, -0.1) is 10.2 Å². The van der Waals surface area contributed by atoms with Crippen molar-refractivity contribution < 1.29 is 14.2 Å². The smallest absolute Gasteiger partial charge is 0.292 e. The molecule has 39 heavy (non-hydrogen) atoms. The molecule has 9 nitrogen and oxygen atoms in total. The predicted octanol–water partition coefficient (Wildman–Crippen LogP) is 5.34. The van der Waals surface area contributed by atoms with E-state index in [0.717, 1.165) is 80.5 Å². The Bertz CT molecular complexity index is 1520. The molecule has 11 heteroatoms. The van der Waals surface area contributed by atoms with Gasteiger partial charge in [-0.25, -0.2) is 4.98 Å². The van der Waals surface area contributed by atoms with E-state index in [1.165, 1.54) is 5.56 Å². The lowest BCUT2D eigenvalue weighted by Gasteiger charge is -2.33. The van der Waals surface area contributed by atoms with Crippen LogP contribution in [0.5, 0.6) is 11.5 Å². The first-order valence-electron chi connectivity index (χ1n) is 13.3. The summed E-state index contributed by atoms with van der Waals surface area (Å²) in [6.07, 6.45) is 4.87. The van der Waals surface area contributed by atoms with Gasteiger partial charge in [0.25, 0.3) is 5.79 Å². The number of nitrogens with zero attached hydrogens (tertiary/aromatic N) is 6. The van der Waals surface area contributed by atoms with Crippen LogP contribution in [0.4, 0.5) is 0 Å². The number of pyridine rings is 1. The van der Waals surface area contributed by atoms with Gasteiger partial charge in [0.1, 0.15) is 17.0 Å². The van der Waals surface area contributed by atoms with Crippen LogP contribution in [0.2, 0.25) is 10.2 Å². The standard InChI is InChI=1S/C28H28Cl2N6O3/c1-28(23-6-5-18(29)14-31-23)38-22-4-2-3-20(26(22)39-28)17-7-10-35(11-8-17)16-25-32-21-13-24(30)33-34-27(21)36(25)15-19-9-12-37-19/h2-6,13-14,17,19H,7-12,15-16H2,1H3/t19-,28-/m0/s1. The molecule has 0 N–H and O–H groups in total. The Kier molecular flexibility index (Phi) is 6.34. The lowest BCUT2D eigenvalue weighted by Crippen LogP contribution is -2.35. The summed E-state index contributed by atoms with van der Waals surface area (Å²) >= 11 is 12.1. The van der Waals surface area contributed by atoms with E-state index in [-0.39, 0.29) is 6.10 Å². The zero-order valence-electron chi connectivity index (χ0n) is 21.5. The molecule has 0 saturated carbocycles. The summed E-state index contributed by atoms with van der Waals surface area (Å²) in [4.78, 5) is 11.8. The number of ether oxygens (including phenoxy) is 3. The number of aromatic nitrogens is 5. The van der Waals surface area contributed by atoms with Gasteiger partial charge < -0.3 is 18.8 Å². The van der Waals surface area contributed by atoms with Crippen LogP contribution < -0.4 is 9.47 Å². The molecule has 0 unspecified atom stereocenters. The van der Waals surface area contributed by atoms with Gasteiger partial charge in [0.05, 0.1) is 24.2 Å². The van der Waals surface area contributed by atoms with Gasteiger partial charge in [-0.3, -0.25) is 9.88 Å². The second-order valence-corrected chi connectivity index (χ2v) is 11.4. The third kappa shape index (κ3) is 4.71. The van der Waals surface area contributed by atoms with Crippen molar-refractivity contribution in [2.75, 3.05) is 19.7 Å². The number of rotatable bonds is 6. The van der Waals surface area contributed by atoms with Crippen LogP contribution >= 0.6 is 23.2 Å². The highest BCUT2D eigenvalue weighted by molar-refractivity contribution is 6.30. The zero-order valence-corrected chi connectivity index (χ0v) is 23.0. The summed E-state index contributed by atoms with van der Waals surface area (Å²) < 4.78 is 20.6. The number of halogens is 2. The van der Waals surface area contributed by atoms with E-state index < -0.39 is 5.79 Å². The van der Waals surface area contributed by atoms with E-state index in [0.29, 0.717) is 21.8 Å². The number of likely N-dealkylation sites (tertiary alicyclic amines) is 1. The fourth-order valence-corrected chi connectivity index (χ4v) is 5.97. The SMILES string of the molecule is C[C@]1(c2ccc(Cl)cn2)Oc2cccc(C3CCN(Cc4nc5cc(Cl)nnc5n4C[C@@H]4CCO4)CC3)c2O1. The molecule has 3 aliphatic heterocycles. The Balaban J connectivity index is 1.06. The van der Waals surface area contributed by atoms with Crippen LogP contribution in [0, 0.1) is 0 Å². The first kappa shape index (κ1) is 25.0. The van der Waals surface area contributed by atoms with Gasteiger partial charge in [0.15, 0.2) is 22.3 Å². The summed E-state index contributed by atoms with van der Waals surface area (Å²) in [5.41, 5.74) is 3.40. The number of hydrogen-bond donors (Lipinski definition) is 0. The van der Waals surface area contributed by atoms with E-state index in [4.69, 9.17) is 42.4 Å². The van der Waals surface area contributed by atoms with Crippen LogP contribution in [0.3, 0.4) is 0 Å². The largest absolute Gasteiger partial charge is 0.443 e. The molecule has 4 aromatic rings. The average molecular weight is 567 g/mol. The number of hydrogen-bond acceptors (Lipinski definition) is 8. The van der Waals surface area contributed by atoms with Crippen LogP contribution in [0.1, 0.15) is 49.2 Å². The van der Waals surface area contributed by atoms with Crippen molar-refractivity contribution in [2.45, 2.75) is 57.1 Å². The van der Waals surface area contributed by atoms with Crippen LogP contribution in [0.15, 0.2) is 42.6 Å².